The quantitative estimate of drug-likeness (QED) is 0.712. The maximum absolute atomic E-state index is 4.41. The lowest BCUT2D eigenvalue weighted by molar-refractivity contribution is 0.258. The molecular formula is C11H18N2S. The smallest absolute Gasteiger partial charge is 0.0798 e. The second-order valence-corrected chi connectivity index (χ2v) is 6.00. The molecule has 0 bridgehead atoms. The SMILES string of the molecule is CC(C)(C)C1CCc2ncsc2CN1. The number of aromatic nitrogens is 1. The molecule has 1 aromatic rings. The fraction of sp³-hybridized carbons (Fsp3) is 0.727. The number of thiazole rings is 1. The summed E-state index contributed by atoms with van der Waals surface area (Å²) >= 11 is 1.78. The molecule has 0 aliphatic carbocycles. The standard InChI is InChI=1S/C11H18N2S/c1-11(2,3)10-5-4-8-9(6-12-10)14-7-13-8/h7,10,12H,4-6H2,1-3H3. The van der Waals surface area contributed by atoms with E-state index >= 15 is 0 Å². The Kier molecular flexibility index (Phi) is 2.62. The van der Waals surface area contributed by atoms with Gasteiger partial charge in [0.1, 0.15) is 0 Å². The molecule has 1 aromatic heterocycles. The second kappa shape index (κ2) is 3.63. The zero-order chi connectivity index (χ0) is 10.2. The van der Waals surface area contributed by atoms with Crippen LogP contribution in [0.4, 0.5) is 0 Å². The molecule has 0 spiro atoms. The Bertz CT molecular complexity index is 289. The van der Waals surface area contributed by atoms with Crippen molar-refractivity contribution in [3.63, 3.8) is 0 Å². The van der Waals surface area contributed by atoms with Crippen molar-refractivity contribution in [1.82, 2.24) is 10.3 Å². The summed E-state index contributed by atoms with van der Waals surface area (Å²) in [6.45, 7) is 7.91. The van der Waals surface area contributed by atoms with Crippen molar-refractivity contribution in [3.8, 4) is 0 Å². The lowest BCUT2D eigenvalue weighted by Gasteiger charge is -2.30. The Labute approximate surface area is 89.8 Å². The van der Waals surface area contributed by atoms with Gasteiger partial charge in [0.25, 0.3) is 0 Å². The molecule has 0 aromatic carbocycles. The van der Waals surface area contributed by atoms with E-state index in [1.807, 2.05) is 5.51 Å². The minimum Gasteiger partial charge on any atom is -0.309 e. The predicted molar refractivity (Wildman–Crippen MR) is 60.5 cm³/mol. The van der Waals surface area contributed by atoms with Crippen LogP contribution in [-0.2, 0) is 13.0 Å². The second-order valence-electron chi connectivity index (χ2n) is 5.06. The molecule has 0 radical (unpaired) electrons. The minimum atomic E-state index is 0.355. The van der Waals surface area contributed by atoms with E-state index < -0.39 is 0 Å². The van der Waals surface area contributed by atoms with E-state index in [-0.39, 0.29) is 0 Å². The summed E-state index contributed by atoms with van der Waals surface area (Å²) in [6.07, 6.45) is 2.34. The summed E-state index contributed by atoms with van der Waals surface area (Å²) in [5.74, 6) is 0. The van der Waals surface area contributed by atoms with Crippen LogP contribution in [0.2, 0.25) is 0 Å². The maximum atomic E-state index is 4.41. The van der Waals surface area contributed by atoms with Gasteiger partial charge in [0.15, 0.2) is 0 Å². The van der Waals surface area contributed by atoms with E-state index in [2.05, 4.69) is 31.1 Å². The van der Waals surface area contributed by atoms with Crippen molar-refractivity contribution >= 4 is 11.3 Å². The molecule has 1 N–H and O–H groups in total. The highest BCUT2D eigenvalue weighted by atomic mass is 32.1. The van der Waals surface area contributed by atoms with Gasteiger partial charge in [-0.05, 0) is 18.3 Å². The minimum absolute atomic E-state index is 0.355. The van der Waals surface area contributed by atoms with Gasteiger partial charge in [0.2, 0.25) is 0 Å². The number of fused-ring (bicyclic) bond motifs is 1. The number of hydrogen-bond acceptors (Lipinski definition) is 3. The van der Waals surface area contributed by atoms with Crippen LogP contribution in [0.25, 0.3) is 0 Å². The Hall–Kier alpha value is -0.410. The largest absolute Gasteiger partial charge is 0.309 e. The van der Waals surface area contributed by atoms with Crippen LogP contribution in [-0.4, -0.2) is 11.0 Å². The molecule has 0 saturated carbocycles. The third kappa shape index (κ3) is 1.98. The highest BCUT2D eigenvalue weighted by Crippen LogP contribution is 2.27. The summed E-state index contributed by atoms with van der Waals surface area (Å²) < 4.78 is 0. The molecule has 2 heterocycles. The first-order valence-corrected chi connectivity index (χ1v) is 6.10. The van der Waals surface area contributed by atoms with E-state index in [0.717, 1.165) is 13.0 Å². The summed E-state index contributed by atoms with van der Waals surface area (Å²) in [4.78, 5) is 5.84. The van der Waals surface area contributed by atoms with Gasteiger partial charge >= 0.3 is 0 Å². The molecule has 1 aliphatic rings. The summed E-state index contributed by atoms with van der Waals surface area (Å²) in [5.41, 5.74) is 3.63. The highest BCUT2D eigenvalue weighted by Gasteiger charge is 2.26. The number of aryl methyl sites for hydroxylation is 1. The van der Waals surface area contributed by atoms with Gasteiger partial charge in [0.05, 0.1) is 11.2 Å². The third-order valence-corrected chi connectivity index (χ3v) is 3.82. The topological polar surface area (TPSA) is 24.9 Å². The predicted octanol–water partition coefficient (Wildman–Crippen LogP) is 2.59. The van der Waals surface area contributed by atoms with Crippen molar-refractivity contribution in [2.24, 2.45) is 5.41 Å². The third-order valence-electron chi connectivity index (χ3n) is 2.95. The van der Waals surface area contributed by atoms with Crippen molar-refractivity contribution in [3.05, 3.63) is 16.1 Å². The maximum Gasteiger partial charge on any atom is 0.0798 e. The van der Waals surface area contributed by atoms with Crippen molar-refractivity contribution < 1.29 is 0 Å². The lowest BCUT2D eigenvalue weighted by atomic mass is 9.84. The molecule has 3 heteroatoms. The Morgan fingerprint density at radius 2 is 2.29 bits per heavy atom. The van der Waals surface area contributed by atoms with Gasteiger partial charge in [-0.15, -0.1) is 11.3 Å². The van der Waals surface area contributed by atoms with Crippen molar-refractivity contribution in [1.29, 1.82) is 0 Å². The van der Waals surface area contributed by atoms with Crippen LogP contribution in [0.15, 0.2) is 5.51 Å². The number of nitrogens with zero attached hydrogens (tertiary/aromatic N) is 1. The van der Waals surface area contributed by atoms with Crippen LogP contribution in [0, 0.1) is 5.41 Å². The van der Waals surface area contributed by atoms with Crippen LogP contribution in [0.3, 0.4) is 0 Å². The Morgan fingerprint density at radius 3 is 3.00 bits per heavy atom. The van der Waals surface area contributed by atoms with E-state index in [1.54, 1.807) is 11.3 Å². The fourth-order valence-corrected chi connectivity index (χ4v) is 2.74. The number of nitrogens with one attached hydrogen (secondary N) is 1. The molecule has 2 rings (SSSR count). The molecule has 0 fully saturated rings. The van der Waals surface area contributed by atoms with E-state index in [4.69, 9.17) is 0 Å². The van der Waals surface area contributed by atoms with Crippen LogP contribution in [0.5, 0.6) is 0 Å². The van der Waals surface area contributed by atoms with Gasteiger partial charge in [-0.25, -0.2) is 4.98 Å². The van der Waals surface area contributed by atoms with E-state index in [0.29, 0.717) is 11.5 Å². The van der Waals surface area contributed by atoms with Gasteiger partial charge in [0, 0.05) is 17.5 Å². The van der Waals surface area contributed by atoms with Crippen molar-refractivity contribution in [2.75, 3.05) is 0 Å². The van der Waals surface area contributed by atoms with Gasteiger partial charge in [-0.1, -0.05) is 20.8 Å². The monoisotopic (exact) mass is 210 g/mol. The normalized spacial score (nSPS) is 22.9. The van der Waals surface area contributed by atoms with Crippen molar-refractivity contribution in [2.45, 2.75) is 46.2 Å². The lowest BCUT2D eigenvalue weighted by Crippen LogP contribution is -2.38. The number of rotatable bonds is 0. The zero-order valence-corrected chi connectivity index (χ0v) is 9.95. The summed E-state index contributed by atoms with van der Waals surface area (Å²) in [6, 6.07) is 0.615. The highest BCUT2D eigenvalue weighted by molar-refractivity contribution is 7.09. The molecule has 1 aliphatic heterocycles. The average Bonchev–Trinajstić information content (AvgIpc) is 2.42. The molecule has 2 nitrogen and oxygen atoms in total. The van der Waals surface area contributed by atoms with Crippen LogP contribution >= 0.6 is 11.3 Å². The van der Waals surface area contributed by atoms with Gasteiger partial charge in [-0.3, -0.25) is 0 Å². The molecule has 1 unspecified atom stereocenters. The molecular weight excluding hydrogens is 192 g/mol. The molecule has 0 amide bonds. The summed E-state index contributed by atoms with van der Waals surface area (Å²) in [7, 11) is 0. The Morgan fingerprint density at radius 1 is 1.50 bits per heavy atom. The molecule has 78 valence electrons. The van der Waals surface area contributed by atoms with E-state index in [9.17, 15) is 0 Å². The first-order valence-electron chi connectivity index (χ1n) is 5.22. The van der Waals surface area contributed by atoms with Gasteiger partial charge in [-0.2, -0.15) is 0 Å². The fourth-order valence-electron chi connectivity index (χ4n) is 1.98. The Balaban J connectivity index is 2.10. The van der Waals surface area contributed by atoms with Gasteiger partial charge < -0.3 is 5.32 Å². The first-order chi connectivity index (χ1) is 6.57. The first kappa shape index (κ1) is 10.1. The molecule has 14 heavy (non-hydrogen) atoms. The average molecular weight is 210 g/mol. The molecule has 1 atom stereocenters. The van der Waals surface area contributed by atoms with E-state index in [1.165, 1.54) is 17.0 Å². The van der Waals surface area contributed by atoms with Crippen LogP contribution < -0.4 is 5.32 Å². The summed E-state index contributed by atoms with van der Waals surface area (Å²) in [5, 5.41) is 3.63. The molecule has 0 saturated heterocycles. The zero-order valence-electron chi connectivity index (χ0n) is 9.13. The number of hydrogen-bond donors (Lipinski definition) is 1. The van der Waals surface area contributed by atoms with Crippen LogP contribution in [0.1, 0.15) is 37.8 Å².